The van der Waals surface area contributed by atoms with Crippen molar-refractivity contribution in [1.29, 1.82) is 0 Å². The molecule has 4 rings (SSSR count). The van der Waals surface area contributed by atoms with E-state index < -0.39 is 0 Å². The van der Waals surface area contributed by atoms with Crippen molar-refractivity contribution in [2.45, 2.75) is 26.1 Å². The first-order valence-electron chi connectivity index (χ1n) is 10.8. The van der Waals surface area contributed by atoms with Gasteiger partial charge >= 0.3 is 0 Å². The molecule has 0 atom stereocenters. The van der Waals surface area contributed by atoms with Gasteiger partial charge in [0.2, 0.25) is 0 Å². The van der Waals surface area contributed by atoms with Crippen LogP contribution in [0.25, 0.3) is 11.3 Å². The molecule has 32 heavy (non-hydrogen) atoms. The van der Waals surface area contributed by atoms with E-state index in [2.05, 4.69) is 66.2 Å². The Labute approximate surface area is 188 Å². The van der Waals surface area contributed by atoms with Gasteiger partial charge in [-0.3, -0.25) is 4.99 Å². The zero-order valence-corrected chi connectivity index (χ0v) is 18.6. The number of hydrogen-bond acceptors (Lipinski definition) is 3. The average Bonchev–Trinajstić information content (AvgIpc) is 3.49. The van der Waals surface area contributed by atoms with E-state index in [0.29, 0.717) is 13.1 Å². The molecule has 7 nitrogen and oxygen atoms in total. The van der Waals surface area contributed by atoms with Gasteiger partial charge in [-0.15, -0.1) is 0 Å². The number of imidazole rings is 2. The molecule has 2 heterocycles. The first kappa shape index (κ1) is 21.4. The van der Waals surface area contributed by atoms with Crippen molar-refractivity contribution in [2.24, 2.45) is 4.99 Å². The summed E-state index contributed by atoms with van der Waals surface area (Å²) < 4.78 is 2.19. The molecule has 0 fully saturated rings. The highest BCUT2D eigenvalue weighted by Crippen LogP contribution is 2.16. The molecule has 0 saturated carbocycles. The first-order chi connectivity index (χ1) is 15.7. The van der Waals surface area contributed by atoms with Gasteiger partial charge in [0.25, 0.3) is 0 Å². The Morgan fingerprint density at radius 3 is 2.56 bits per heavy atom. The molecule has 0 spiro atoms. The Morgan fingerprint density at radius 2 is 1.81 bits per heavy atom. The largest absolute Gasteiger partial charge is 0.349 e. The summed E-state index contributed by atoms with van der Waals surface area (Å²) in [5, 5.41) is 3.42. The maximum atomic E-state index is 4.53. The van der Waals surface area contributed by atoms with Gasteiger partial charge in [-0.25, -0.2) is 9.97 Å². The van der Waals surface area contributed by atoms with Gasteiger partial charge < -0.3 is 19.8 Å². The number of hydrogen-bond donors (Lipinski definition) is 2. The molecule has 0 unspecified atom stereocenters. The summed E-state index contributed by atoms with van der Waals surface area (Å²) in [6.45, 7) is 2.12. The molecule has 0 aliphatic carbocycles. The van der Waals surface area contributed by atoms with Crippen LogP contribution in [0.5, 0.6) is 0 Å². The Balaban J connectivity index is 1.32. The summed E-state index contributed by atoms with van der Waals surface area (Å²) in [7, 11) is 3.79. The van der Waals surface area contributed by atoms with Crippen LogP contribution in [0.1, 0.15) is 17.2 Å². The predicted molar refractivity (Wildman–Crippen MR) is 128 cm³/mol. The number of H-pyrrole nitrogens is 1. The zero-order valence-electron chi connectivity index (χ0n) is 18.6. The highest BCUT2D eigenvalue weighted by atomic mass is 15.3. The summed E-state index contributed by atoms with van der Waals surface area (Å²) in [6, 6.07) is 20.7. The molecule has 2 aromatic heterocycles. The lowest BCUT2D eigenvalue weighted by atomic mass is 10.1. The SMILES string of the molecule is CN=C(NCc1nccn1CCc1ccccc1)N(C)Cc1ncc(-c2ccccc2)[nH]1. The van der Waals surface area contributed by atoms with E-state index in [9.17, 15) is 0 Å². The minimum atomic E-state index is 0.603. The maximum Gasteiger partial charge on any atom is 0.194 e. The molecule has 0 aliphatic heterocycles. The van der Waals surface area contributed by atoms with Crippen LogP contribution in [-0.2, 0) is 26.1 Å². The lowest BCUT2D eigenvalue weighted by molar-refractivity contribution is 0.461. The van der Waals surface area contributed by atoms with Crippen LogP contribution in [-0.4, -0.2) is 44.5 Å². The third-order valence-corrected chi connectivity index (χ3v) is 5.36. The number of rotatable bonds is 8. The normalized spacial score (nSPS) is 11.5. The monoisotopic (exact) mass is 427 g/mol. The Morgan fingerprint density at radius 1 is 1.06 bits per heavy atom. The molecule has 0 aliphatic rings. The number of nitrogens with zero attached hydrogens (tertiary/aromatic N) is 5. The van der Waals surface area contributed by atoms with Gasteiger partial charge in [0.05, 0.1) is 25.0 Å². The van der Waals surface area contributed by atoms with E-state index in [1.807, 2.05) is 54.8 Å². The van der Waals surface area contributed by atoms with Crippen LogP contribution in [0, 0.1) is 0 Å². The molecule has 0 amide bonds. The lowest BCUT2D eigenvalue weighted by Crippen LogP contribution is -2.38. The van der Waals surface area contributed by atoms with Crippen LogP contribution in [0.3, 0.4) is 0 Å². The molecule has 2 aromatic carbocycles. The Kier molecular flexibility index (Phi) is 6.97. The minimum absolute atomic E-state index is 0.603. The van der Waals surface area contributed by atoms with E-state index in [1.54, 1.807) is 7.05 Å². The van der Waals surface area contributed by atoms with E-state index in [-0.39, 0.29) is 0 Å². The van der Waals surface area contributed by atoms with E-state index >= 15 is 0 Å². The van der Waals surface area contributed by atoms with Gasteiger partial charge in [0, 0.05) is 33.0 Å². The van der Waals surface area contributed by atoms with Crippen LogP contribution in [0.15, 0.2) is 84.2 Å². The zero-order chi connectivity index (χ0) is 22.2. The Bertz CT molecular complexity index is 1130. The standard InChI is InChI=1S/C25H29N7/c1-26-25(31(2)19-23-28-17-22(30-23)21-11-7-4-8-12-21)29-18-24-27-14-16-32(24)15-13-20-9-5-3-6-10-20/h3-12,14,16-17H,13,15,18-19H2,1-2H3,(H,26,29)(H,28,30). The number of aromatic amines is 1. The molecular formula is C25H29N7. The number of aromatic nitrogens is 4. The number of guanidine groups is 1. The quantitative estimate of drug-likeness (QED) is 0.332. The smallest absolute Gasteiger partial charge is 0.194 e. The molecule has 7 heteroatoms. The molecule has 0 bridgehead atoms. The van der Waals surface area contributed by atoms with E-state index in [1.165, 1.54) is 5.56 Å². The highest BCUT2D eigenvalue weighted by molar-refractivity contribution is 5.79. The number of benzene rings is 2. The fourth-order valence-electron chi connectivity index (χ4n) is 3.65. The fourth-order valence-corrected chi connectivity index (χ4v) is 3.65. The minimum Gasteiger partial charge on any atom is -0.349 e. The molecule has 0 radical (unpaired) electrons. The van der Waals surface area contributed by atoms with Crippen molar-refractivity contribution in [3.05, 3.63) is 96.5 Å². The van der Waals surface area contributed by atoms with Crippen molar-refractivity contribution in [3.8, 4) is 11.3 Å². The summed E-state index contributed by atoms with van der Waals surface area (Å²) in [6.07, 6.45) is 6.72. The van der Waals surface area contributed by atoms with Gasteiger partial charge in [-0.1, -0.05) is 60.7 Å². The predicted octanol–water partition coefficient (Wildman–Crippen LogP) is 3.72. The molecule has 0 saturated heterocycles. The lowest BCUT2D eigenvalue weighted by Gasteiger charge is -2.21. The van der Waals surface area contributed by atoms with Crippen molar-refractivity contribution in [3.63, 3.8) is 0 Å². The van der Waals surface area contributed by atoms with Crippen molar-refractivity contribution in [1.82, 2.24) is 29.7 Å². The van der Waals surface area contributed by atoms with Crippen LogP contribution < -0.4 is 5.32 Å². The summed E-state index contributed by atoms with van der Waals surface area (Å²) in [5.74, 6) is 2.67. The molecule has 2 N–H and O–H groups in total. The van der Waals surface area contributed by atoms with Crippen molar-refractivity contribution in [2.75, 3.05) is 14.1 Å². The van der Waals surface area contributed by atoms with Crippen molar-refractivity contribution < 1.29 is 0 Å². The van der Waals surface area contributed by atoms with Crippen LogP contribution in [0.2, 0.25) is 0 Å². The van der Waals surface area contributed by atoms with E-state index in [4.69, 9.17) is 0 Å². The first-order valence-corrected chi connectivity index (χ1v) is 10.8. The second-order valence-electron chi connectivity index (χ2n) is 7.64. The van der Waals surface area contributed by atoms with Crippen molar-refractivity contribution >= 4 is 5.96 Å². The van der Waals surface area contributed by atoms with Crippen LogP contribution >= 0.6 is 0 Å². The average molecular weight is 428 g/mol. The molecule has 4 aromatic rings. The van der Waals surface area contributed by atoms with Gasteiger partial charge in [-0.05, 0) is 17.5 Å². The van der Waals surface area contributed by atoms with Gasteiger partial charge in [-0.2, -0.15) is 0 Å². The highest BCUT2D eigenvalue weighted by Gasteiger charge is 2.11. The Hall–Kier alpha value is -3.87. The topological polar surface area (TPSA) is 74.1 Å². The second kappa shape index (κ2) is 10.4. The third-order valence-electron chi connectivity index (χ3n) is 5.36. The molecular weight excluding hydrogens is 398 g/mol. The fraction of sp³-hybridized carbons (Fsp3) is 0.240. The van der Waals surface area contributed by atoms with Crippen LogP contribution in [0.4, 0.5) is 0 Å². The second-order valence-corrected chi connectivity index (χ2v) is 7.64. The number of nitrogens with one attached hydrogen (secondary N) is 2. The summed E-state index contributed by atoms with van der Waals surface area (Å²) in [5.41, 5.74) is 3.46. The van der Waals surface area contributed by atoms with E-state index in [0.717, 1.165) is 41.8 Å². The van der Waals surface area contributed by atoms with Gasteiger partial charge in [0.1, 0.15) is 11.6 Å². The molecule has 164 valence electrons. The summed E-state index contributed by atoms with van der Waals surface area (Å²) >= 11 is 0. The van der Waals surface area contributed by atoms with Gasteiger partial charge in [0.15, 0.2) is 5.96 Å². The number of aliphatic imine (C=N–C) groups is 1. The number of aryl methyl sites for hydroxylation is 2. The third kappa shape index (κ3) is 5.43. The summed E-state index contributed by atoms with van der Waals surface area (Å²) in [4.78, 5) is 18.9. The maximum absolute atomic E-state index is 4.53.